The molecule has 0 aromatic carbocycles. The molecule has 0 fully saturated rings. The van der Waals surface area contributed by atoms with Gasteiger partial charge in [-0.3, -0.25) is 14.5 Å². The van der Waals surface area contributed by atoms with Crippen LogP contribution in [-0.4, -0.2) is 44.5 Å². The number of rotatable bonds is 6. The quantitative estimate of drug-likeness (QED) is 0.634. The van der Waals surface area contributed by atoms with Gasteiger partial charge in [0.15, 0.2) is 0 Å². The zero-order valence-corrected chi connectivity index (χ0v) is 8.96. The smallest absolute Gasteiger partial charge is 0.317 e. The molecule has 3 N–H and O–H groups in total. The van der Waals surface area contributed by atoms with Crippen molar-refractivity contribution in [1.82, 2.24) is 14.5 Å². The van der Waals surface area contributed by atoms with Gasteiger partial charge >= 0.3 is 5.97 Å². The summed E-state index contributed by atoms with van der Waals surface area (Å²) < 4.78 is 1.76. The lowest BCUT2D eigenvalue weighted by atomic mass is 10.4. The average molecular weight is 226 g/mol. The van der Waals surface area contributed by atoms with Crippen molar-refractivity contribution in [3.63, 3.8) is 0 Å². The first-order valence-electron chi connectivity index (χ1n) is 4.67. The van der Waals surface area contributed by atoms with Crippen molar-refractivity contribution < 1.29 is 14.7 Å². The van der Waals surface area contributed by atoms with Crippen LogP contribution in [0.4, 0.5) is 0 Å². The highest BCUT2D eigenvalue weighted by molar-refractivity contribution is 5.77. The normalized spacial score (nSPS) is 10.6. The van der Waals surface area contributed by atoms with Gasteiger partial charge in [0.2, 0.25) is 5.91 Å². The molecular weight excluding hydrogens is 212 g/mol. The Morgan fingerprint density at radius 1 is 1.56 bits per heavy atom. The van der Waals surface area contributed by atoms with E-state index >= 15 is 0 Å². The van der Waals surface area contributed by atoms with Crippen molar-refractivity contribution in [1.29, 1.82) is 0 Å². The molecule has 1 amide bonds. The molecule has 0 saturated heterocycles. The van der Waals surface area contributed by atoms with Gasteiger partial charge < -0.3 is 15.4 Å². The van der Waals surface area contributed by atoms with Crippen LogP contribution in [0, 0.1) is 0 Å². The maximum atomic E-state index is 10.8. The third kappa shape index (κ3) is 3.70. The van der Waals surface area contributed by atoms with Crippen molar-refractivity contribution >= 4 is 11.9 Å². The molecule has 0 aliphatic heterocycles. The molecule has 88 valence electrons. The fourth-order valence-electron chi connectivity index (χ4n) is 1.33. The molecule has 1 heterocycles. The van der Waals surface area contributed by atoms with Crippen LogP contribution < -0.4 is 5.73 Å². The summed E-state index contributed by atoms with van der Waals surface area (Å²) in [5, 5.41) is 8.67. The van der Waals surface area contributed by atoms with Gasteiger partial charge in [-0.15, -0.1) is 0 Å². The second kappa shape index (κ2) is 5.26. The van der Waals surface area contributed by atoms with Gasteiger partial charge in [-0.25, -0.2) is 4.98 Å². The number of amides is 1. The molecule has 1 aromatic heterocycles. The highest BCUT2D eigenvalue weighted by Crippen LogP contribution is 2.00. The number of hydrogen-bond acceptors (Lipinski definition) is 4. The summed E-state index contributed by atoms with van der Waals surface area (Å²) in [6.45, 7) is -0.0618. The second-order valence-electron chi connectivity index (χ2n) is 3.46. The minimum atomic E-state index is -1.00. The third-order valence-electron chi connectivity index (χ3n) is 2.02. The summed E-state index contributed by atoms with van der Waals surface area (Å²) >= 11 is 0. The van der Waals surface area contributed by atoms with Gasteiger partial charge in [-0.1, -0.05) is 0 Å². The van der Waals surface area contributed by atoms with E-state index in [2.05, 4.69) is 4.98 Å². The van der Waals surface area contributed by atoms with Crippen LogP contribution in [0.25, 0.3) is 0 Å². The first kappa shape index (κ1) is 12.2. The molecule has 7 heteroatoms. The number of carbonyl (C=O) groups excluding carboxylic acids is 1. The van der Waals surface area contributed by atoms with E-state index in [4.69, 9.17) is 10.8 Å². The standard InChI is InChI=1S/C9H14N4O3/c1-12-3-2-11-8(12)5-13(4-7(10)14)6-9(15)16/h2-3H,4-6H2,1H3,(H2,10,14)(H,15,16). The van der Waals surface area contributed by atoms with Crippen LogP contribution in [-0.2, 0) is 23.2 Å². The van der Waals surface area contributed by atoms with Crippen molar-refractivity contribution in [2.45, 2.75) is 6.54 Å². The lowest BCUT2D eigenvalue weighted by molar-refractivity contribution is -0.138. The van der Waals surface area contributed by atoms with Crippen LogP contribution in [0.5, 0.6) is 0 Å². The molecule has 16 heavy (non-hydrogen) atoms. The summed E-state index contributed by atoms with van der Waals surface area (Å²) in [7, 11) is 1.80. The summed E-state index contributed by atoms with van der Waals surface area (Å²) in [6, 6.07) is 0. The SMILES string of the molecule is Cn1ccnc1CN(CC(N)=O)CC(=O)O. The van der Waals surface area contributed by atoms with Gasteiger partial charge in [-0.05, 0) is 0 Å². The van der Waals surface area contributed by atoms with E-state index in [-0.39, 0.29) is 19.6 Å². The lowest BCUT2D eigenvalue weighted by Crippen LogP contribution is -2.37. The number of carbonyl (C=O) groups is 2. The minimum Gasteiger partial charge on any atom is -0.480 e. The van der Waals surface area contributed by atoms with Gasteiger partial charge in [0.05, 0.1) is 19.6 Å². The molecule has 0 radical (unpaired) electrons. The molecule has 0 spiro atoms. The number of primary amides is 1. The van der Waals surface area contributed by atoms with Crippen molar-refractivity contribution in [3.8, 4) is 0 Å². The van der Waals surface area contributed by atoms with Gasteiger partial charge in [0.1, 0.15) is 5.82 Å². The van der Waals surface area contributed by atoms with Crippen LogP contribution in [0.3, 0.4) is 0 Å². The predicted molar refractivity (Wildman–Crippen MR) is 55.3 cm³/mol. The van der Waals surface area contributed by atoms with E-state index < -0.39 is 11.9 Å². The van der Waals surface area contributed by atoms with Crippen LogP contribution in [0.1, 0.15) is 5.82 Å². The van der Waals surface area contributed by atoms with Crippen LogP contribution in [0.2, 0.25) is 0 Å². The Hall–Kier alpha value is -1.89. The average Bonchev–Trinajstić information content (AvgIpc) is 2.49. The Morgan fingerprint density at radius 2 is 2.25 bits per heavy atom. The molecule has 0 bridgehead atoms. The number of carboxylic acids is 1. The molecule has 0 unspecified atom stereocenters. The van der Waals surface area contributed by atoms with E-state index in [1.807, 2.05) is 0 Å². The fraction of sp³-hybridized carbons (Fsp3) is 0.444. The Kier molecular flexibility index (Phi) is 4.01. The molecule has 0 saturated carbocycles. The van der Waals surface area contributed by atoms with Gasteiger partial charge in [0, 0.05) is 19.4 Å². The Morgan fingerprint density at radius 3 is 2.69 bits per heavy atom. The summed E-state index contributed by atoms with van der Waals surface area (Å²) in [5.74, 6) is -0.881. The summed E-state index contributed by atoms with van der Waals surface area (Å²) in [4.78, 5) is 26.8. The molecule has 1 rings (SSSR count). The Bertz CT molecular complexity index is 372. The van der Waals surface area contributed by atoms with Crippen LogP contribution >= 0.6 is 0 Å². The molecule has 7 nitrogen and oxygen atoms in total. The monoisotopic (exact) mass is 226 g/mol. The lowest BCUT2D eigenvalue weighted by Gasteiger charge is -2.17. The van der Waals surface area contributed by atoms with E-state index in [0.29, 0.717) is 5.82 Å². The third-order valence-corrected chi connectivity index (χ3v) is 2.02. The topological polar surface area (TPSA) is 101 Å². The van der Waals surface area contributed by atoms with Gasteiger partial charge in [-0.2, -0.15) is 0 Å². The van der Waals surface area contributed by atoms with Gasteiger partial charge in [0.25, 0.3) is 0 Å². The van der Waals surface area contributed by atoms with Crippen LogP contribution in [0.15, 0.2) is 12.4 Å². The van der Waals surface area contributed by atoms with E-state index in [0.717, 1.165) is 0 Å². The van der Waals surface area contributed by atoms with E-state index in [1.165, 1.54) is 4.90 Å². The number of aliphatic carboxylic acids is 1. The zero-order chi connectivity index (χ0) is 12.1. The first-order valence-corrected chi connectivity index (χ1v) is 4.67. The number of hydrogen-bond donors (Lipinski definition) is 2. The predicted octanol–water partition coefficient (Wildman–Crippen LogP) is -1.21. The highest BCUT2D eigenvalue weighted by atomic mass is 16.4. The zero-order valence-electron chi connectivity index (χ0n) is 8.96. The molecule has 0 aliphatic carbocycles. The van der Waals surface area contributed by atoms with E-state index in [1.54, 1.807) is 24.0 Å². The molecule has 0 aliphatic rings. The largest absolute Gasteiger partial charge is 0.480 e. The minimum absolute atomic E-state index is 0.0981. The first-order chi connectivity index (χ1) is 7.49. The Labute approximate surface area is 92.5 Å². The van der Waals surface area contributed by atoms with Crippen molar-refractivity contribution in [3.05, 3.63) is 18.2 Å². The number of nitrogens with zero attached hydrogens (tertiary/aromatic N) is 3. The number of aromatic nitrogens is 2. The molecular formula is C9H14N4O3. The number of imidazole rings is 1. The second-order valence-corrected chi connectivity index (χ2v) is 3.46. The maximum Gasteiger partial charge on any atom is 0.317 e. The van der Waals surface area contributed by atoms with E-state index in [9.17, 15) is 9.59 Å². The van der Waals surface area contributed by atoms with Crippen molar-refractivity contribution in [2.75, 3.05) is 13.1 Å². The maximum absolute atomic E-state index is 10.8. The number of nitrogens with two attached hydrogens (primary N) is 1. The van der Waals surface area contributed by atoms with Crippen molar-refractivity contribution in [2.24, 2.45) is 12.8 Å². The summed E-state index contributed by atoms with van der Waals surface area (Å²) in [6.07, 6.45) is 3.36. The highest BCUT2D eigenvalue weighted by Gasteiger charge is 2.14. The Balaban J connectivity index is 2.66. The number of carboxylic acid groups (broad SMARTS) is 1. The fourth-order valence-corrected chi connectivity index (χ4v) is 1.33. The summed E-state index contributed by atoms with van der Waals surface area (Å²) in [5.41, 5.74) is 5.04. The number of aryl methyl sites for hydroxylation is 1. The molecule has 1 aromatic rings. The molecule has 0 atom stereocenters.